The Hall–Kier alpha value is -0.860. The zero-order valence-corrected chi connectivity index (χ0v) is 9.28. The van der Waals surface area contributed by atoms with Crippen LogP contribution in [0.2, 0.25) is 0 Å². The van der Waals surface area contributed by atoms with Gasteiger partial charge >= 0.3 is 0 Å². The van der Waals surface area contributed by atoms with Gasteiger partial charge in [0.15, 0.2) is 0 Å². The van der Waals surface area contributed by atoms with Gasteiger partial charge in [0.1, 0.15) is 0 Å². The molecule has 1 heterocycles. The molecule has 1 saturated heterocycles. The van der Waals surface area contributed by atoms with Crippen LogP contribution in [0.15, 0.2) is 30.3 Å². The molecule has 2 nitrogen and oxygen atoms in total. The molecule has 0 bridgehead atoms. The van der Waals surface area contributed by atoms with Crippen LogP contribution in [-0.2, 0) is 11.3 Å². The van der Waals surface area contributed by atoms with E-state index < -0.39 is 0 Å². The van der Waals surface area contributed by atoms with Crippen molar-refractivity contribution in [2.24, 2.45) is 5.92 Å². The summed E-state index contributed by atoms with van der Waals surface area (Å²) >= 11 is 0. The van der Waals surface area contributed by atoms with Gasteiger partial charge in [-0.25, -0.2) is 0 Å². The molecule has 82 valence electrons. The van der Waals surface area contributed by atoms with Crippen molar-refractivity contribution in [2.75, 3.05) is 13.1 Å². The molecule has 1 aliphatic rings. The van der Waals surface area contributed by atoms with E-state index >= 15 is 0 Å². The number of hydrogen-bond acceptors (Lipinski definition) is 2. The lowest BCUT2D eigenvalue weighted by molar-refractivity contribution is 0.0137. The van der Waals surface area contributed by atoms with Crippen molar-refractivity contribution in [2.45, 2.75) is 26.1 Å². The smallest absolute Gasteiger partial charge is 0.0721 e. The fraction of sp³-hybridized carbons (Fsp3) is 0.538. The zero-order valence-electron chi connectivity index (χ0n) is 9.28. The molecule has 1 aliphatic heterocycles. The van der Waals surface area contributed by atoms with E-state index in [1.165, 1.54) is 12.0 Å². The molecule has 2 heteroatoms. The van der Waals surface area contributed by atoms with Crippen molar-refractivity contribution in [3.8, 4) is 0 Å². The Morgan fingerprint density at radius 2 is 2.07 bits per heavy atom. The van der Waals surface area contributed by atoms with Gasteiger partial charge < -0.3 is 10.1 Å². The van der Waals surface area contributed by atoms with Crippen molar-refractivity contribution in [1.29, 1.82) is 0 Å². The third-order valence-corrected chi connectivity index (χ3v) is 2.86. The highest BCUT2D eigenvalue weighted by Gasteiger charge is 2.18. The third-order valence-electron chi connectivity index (χ3n) is 2.86. The van der Waals surface area contributed by atoms with Gasteiger partial charge in [0, 0.05) is 6.54 Å². The van der Waals surface area contributed by atoms with Gasteiger partial charge in [0.05, 0.1) is 12.7 Å². The fourth-order valence-corrected chi connectivity index (χ4v) is 2.02. The average Bonchev–Trinajstić information content (AvgIpc) is 2.28. The molecule has 2 unspecified atom stereocenters. The van der Waals surface area contributed by atoms with Gasteiger partial charge in [-0.05, 0) is 24.4 Å². The highest BCUT2D eigenvalue weighted by molar-refractivity contribution is 5.13. The van der Waals surface area contributed by atoms with Crippen LogP contribution in [0.5, 0.6) is 0 Å². The number of nitrogens with one attached hydrogen (secondary N) is 1. The van der Waals surface area contributed by atoms with Crippen LogP contribution in [0.4, 0.5) is 0 Å². The number of benzene rings is 1. The standard InChI is InChI=1S/C13H19NO/c1-11-7-13(9-14-8-11)15-10-12-5-3-2-4-6-12/h2-6,11,13-14H,7-10H2,1H3. The van der Waals surface area contributed by atoms with Gasteiger partial charge in [-0.2, -0.15) is 0 Å². The van der Waals surface area contributed by atoms with E-state index in [2.05, 4.69) is 36.5 Å². The molecular formula is C13H19NO. The van der Waals surface area contributed by atoms with Crippen LogP contribution >= 0.6 is 0 Å². The van der Waals surface area contributed by atoms with E-state index in [0.717, 1.165) is 25.6 Å². The van der Waals surface area contributed by atoms with E-state index in [-0.39, 0.29) is 0 Å². The second-order valence-electron chi connectivity index (χ2n) is 4.42. The molecule has 1 aromatic rings. The molecule has 2 atom stereocenters. The molecule has 1 N–H and O–H groups in total. The van der Waals surface area contributed by atoms with Crippen LogP contribution < -0.4 is 5.32 Å². The quantitative estimate of drug-likeness (QED) is 0.817. The SMILES string of the molecule is CC1CNCC(OCc2ccccc2)C1. The predicted molar refractivity (Wildman–Crippen MR) is 61.7 cm³/mol. The number of hydrogen-bond donors (Lipinski definition) is 1. The van der Waals surface area contributed by atoms with Crippen LogP contribution in [-0.4, -0.2) is 19.2 Å². The van der Waals surface area contributed by atoms with E-state index in [9.17, 15) is 0 Å². The largest absolute Gasteiger partial charge is 0.372 e. The zero-order chi connectivity index (χ0) is 10.5. The minimum Gasteiger partial charge on any atom is -0.372 e. The first-order chi connectivity index (χ1) is 7.34. The lowest BCUT2D eigenvalue weighted by Gasteiger charge is -2.27. The summed E-state index contributed by atoms with van der Waals surface area (Å²) in [5.41, 5.74) is 1.26. The minimum atomic E-state index is 0.383. The van der Waals surface area contributed by atoms with Crippen LogP contribution in [0.25, 0.3) is 0 Å². The molecule has 0 spiro atoms. The Morgan fingerprint density at radius 3 is 2.80 bits per heavy atom. The molecule has 1 fully saturated rings. The maximum atomic E-state index is 5.88. The molecule has 0 aliphatic carbocycles. The Labute approximate surface area is 91.6 Å². The van der Waals surface area contributed by atoms with E-state index in [0.29, 0.717) is 6.10 Å². The van der Waals surface area contributed by atoms with E-state index in [1.807, 2.05) is 6.07 Å². The molecule has 1 aromatic carbocycles. The van der Waals surface area contributed by atoms with Crippen LogP contribution in [0.1, 0.15) is 18.9 Å². The molecule has 0 saturated carbocycles. The second-order valence-corrected chi connectivity index (χ2v) is 4.42. The Kier molecular flexibility index (Phi) is 3.75. The molecular weight excluding hydrogens is 186 g/mol. The van der Waals surface area contributed by atoms with Crippen molar-refractivity contribution in [1.82, 2.24) is 5.32 Å². The molecule has 15 heavy (non-hydrogen) atoms. The molecule has 2 rings (SSSR count). The van der Waals surface area contributed by atoms with E-state index in [1.54, 1.807) is 0 Å². The lowest BCUT2D eigenvalue weighted by atomic mass is 10.00. The summed E-state index contributed by atoms with van der Waals surface area (Å²) < 4.78 is 5.88. The van der Waals surface area contributed by atoms with Crippen molar-refractivity contribution >= 4 is 0 Å². The normalized spacial score (nSPS) is 26.5. The van der Waals surface area contributed by atoms with Crippen LogP contribution in [0, 0.1) is 5.92 Å². The molecule has 0 amide bonds. The first-order valence-electron chi connectivity index (χ1n) is 5.71. The Balaban J connectivity index is 1.78. The number of rotatable bonds is 3. The van der Waals surface area contributed by atoms with Gasteiger partial charge in [-0.15, -0.1) is 0 Å². The van der Waals surface area contributed by atoms with Gasteiger partial charge in [-0.1, -0.05) is 37.3 Å². The number of piperidine rings is 1. The van der Waals surface area contributed by atoms with Crippen molar-refractivity contribution in [3.63, 3.8) is 0 Å². The topological polar surface area (TPSA) is 21.3 Å². The van der Waals surface area contributed by atoms with Gasteiger partial charge in [-0.3, -0.25) is 0 Å². The maximum Gasteiger partial charge on any atom is 0.0721 e. The Bertz CT molecular complexity index is 286. The average molecular weight is 205 g/mol. The highest BCUT2D eigenvalue weighted by Crippen LogP contribution is 2.14. The van der Waals surface area contributed by atoms with Crippen molar-refractivity contribution < 1.29 is 4.74 Å². The minimum absolute atomic E-state index is 0.383. The summed E-state index contributed by atoms with van der Waals surface area (Å²) in [4.78, 5) is 0. The summed E-state index contributed by atoms with van der Waals surface area (Å²) in [5.74, 6) is 0.736. The molecule has 0 radical (unpaired) electrons. The van der Waals surface area contributed by atoms with Gasteiger partial charge in [0.25, 0.3) is 0 Å². The summed E-state index contributed by atoms with van der Waals surface area (Å²) in [6, 6.07) is 10.4. The summed E-state index contributed by atoms with van der Waals surface area (Å²) in [5, 5.41) is 3.40. The monoisotopic (exact) mass is 205 g/mol. The predicted octanol–water partition coefficient (Wildman–Crippen LogP) is 2.20. The number of ether oxygens (including phenoxy) is 1. The van der Waals surface area contributed by atoms with E-state index in [4.69, 9.17) is 4.74 Å². The first-order valence-corrected chi connectivity index (χ1v) is 5.71. The summed E-state index contributed by atoms with van der Waals surface area (Å²) in [6.07, 6.45) is 1.56. The van der Waals surface area contributed by atoms with Crippen molar-refractivity contribution in [3.05, 3.63) is 35.9 Å². The highest BCUT2D eigenvalue weighted by atomic mass is 16.5. The first kappa shape index (κ1) is 10.7. The van der Waals surface area contributed by atoms with Crippen LogP contribution in [0.3, 0.4) is 0 Å². The molecule has 0 aromatic heterocycles. The summed E-state index contributed by atoms with van der Waals surface area (Å²) in [6.45, 7) is 5.13. The lowest BCUT2D eigenvalue weighted by Crippen LogP contribution is -2.39. The fourth-order valence-electron chi connectivity index (χ4n) is 2.02. The maximum absolute atomic E-state index is 5.88. The Morgan fingerprint density at radius 1 is 1.27 bits per heavy atom. The third kappa shape index (κ3) is 3.33. The second kappa shape index (κ2) is 5.29. The summed E-state index contributed by atoms with van der Waals surface area (Å²) in [7, 11) is 0. The van der Waals surface area contributed by atoms with Gasteiger partial charge in [0.2, 0.25) is 0 Å².